The quantitative estimate of drug-likeness (QED) is 0.556. The summed E-state index contributed by atoms with van der Waals surface area (Å²) < 4.78 is 5.07. The number of aliphatic hydroxyl groups excluding tert-OH is 1. The molecule has 0 radical (unpaired) electrons. The largest absolute Gasteiger partial charge is 0.462 e. The molecular formula is C8H12O3. The van der Waals surface area contributed by atoms with E-state index in [4.69, 9.17) is 9.84 Å². The first kappa shape index (κ1) is 7.10. The minimum atomic E-state index is -0.0850. The molecule has 0 aromatic carbocycles. The lowest BCUT2D eigenvalue weighted by atomic mass is 9.94. The van der Waals surface area contributed by atoms with Gasteiger partial charge in [0, 0.05) is 12.5 Å². The maximum Gasteiger partial charge on any atom is 0.306 e. The van der Waals surface area contributed by atoms with Gasteiger partial charge >= 0.3 is 5.97 Å². The van der Waals surface area contributed by atoms with Gasteiger partial charge in [0.25, 0.3) is 0 Å². The van der Waals surface area contributed by atoms with Crippen LogP contribution < -0.4 is 0 Å². The molecule has 1 saturated carbocycles. The summed E-state index contributed by atoms with van der Waals surface area (Å²) in [6.07, 6.45) is 2.61. The number of fused-ring (bicyclic) bond motifs is 1. The molecule has 0 amide bonds. The molecule has 1 N–H and O–H groups in total. The normalized spacial score (nSPS) is 42.3. The molecule has 0 unspecified atom stereocenters. The van der Waals surface area contributed by atoms with Gasteiger partial charge in [0.1, 0.15) is 6.10 Å². The molecule has 2 rings (SSSR count). The molecule has 0 aromatic heterocycles. The van der Waals surface area contributed by atoms with Crippen molar-refractivity contribution in [2.45, 2.75) is 25.4 Å². The van der Waals surface area contributed by atoms with Crippen molar-refractivity contribution in [1.82, 2.24) is 0 Å². The van der Waals surface area contributed by atoms with Crippen LogP contribution in [0.25, 0.3) is 0 Å². The smallest absolute Gasteiger partial charge is 0.306 e. The Morgan fingerprint density at radius 1 is 1.55 bits per heavy atom. The SMILES string of the molecule is O=C1C[C@@H]2[C@@H](CO)CC[C@@H]2O1. The van der Waals surface area contributed by atoms with E-state index < -0.39 is 0 Å². The number of esters is 1. The molecule has 1 heterocycles. The van der Waals surface area contributed by atoms with Crippen molar-refractivity contribution < 1.29 is 14.6 Å². The van der Waals surface area contributed by atoms with Crippen LogP contribution in [0, 0.1) is 11.8 Å². The number of rotatable bonds is 1. The molecule has 3 heteroatoms. The van der Waals surface area contributed by atoms with Gasteiger partial charge in [0.05, 0.1) is 6.42 Å². The zero-order valence-electron chi connectivity index (χ0n) is 6.32. The molecule has 2 fully saturated rings. The third-order valence-electron chi connectivity index (χ3n) is 2.82. The summed E-state index contributed by atoms with van der Waals surface area (Å²) in [4.78, 5) is 10.8. The lowest BCUT2D eigenvalue weighted by molar-refractivity contribution is -0.141. The average molecular weight is 156 g/mol. The molecule has 1 saturated heterocycles. The fourth-order valence-corrected chi connectivity index (χ4v) is 2.19. The first-order valence-corrected chi connectivity index (χ1v) is 4.11. The van der Waals surface area contributed by atoms with E-state index >= 15 is 0 Å². The van der Waals surface area contributed by atoms with E-state index in [0.29, 0.717) is 18.3 Å². The topological polar surface area (TPSA) is 46.5 Å². The van der Waals surface area contributed by atoms with Crippen LogP contribution in [0.4, 0.5) is 0 Å². The van der Waals surface area contributed by atoms with Crippen LogP contribution in [0.1, 0.15) is 19.3 Å². The van der Waals surface area contributed by atoms with E-state index in [1.807, 2.05) is 0 Å². The van der Waals surface area contributed by atoms with E-state index in [0.717, 1.165) is 12.8 Å². The Labute approximate surface area is 65.4 Å². The van der Waals surface area contributed by atoms with Gasteiger partial charge in [0.15, 0.2) is 0 Å². The van der Waals surface area contributed by atoms with Crippen molar-refractivity contribution >= 4 is 5.97 Å². The highest BCUT2D eigenvalue weighted by Gasteiger charge is 2.44. The number of ether oxygens (including phenoxy) is 1. The van der Waals surface area contributed by atoms with Crippen LogP contribution in [0.2, 0.25) is 0 Å². The Bertz CT molecular complexity index is 178. The monoisotopic (exact) mass is 156 g/mol. The van der Waals surface area contributed by atoms with E-state index in [-0.39, 0.29) is 18.7 Å². The van der Waals surface area contributed by atoms with Gasteiger partial charge in [-0.15, -0.1) is 0 Å². The second kappa shape index (κ2) is 2.48. The third-order valence-corrected chi connectivity index (χ3v) is 2.82. The van der Waals surface area contributed by atoms with Crippen LogP contribution >= 0.6 is 0 Å². The predicted octanol–water partition coefficient (Wildman–Crippen LogP) is 0.320. The zero-order valence-corrected chi connectivity index (χ0v) is 6.32. The predicted molar refractivity (Wildman–Crippen MR) is 37.8 cm³/mol. The Kier molecular flexibility index (Phi) is 1.60. The van der Waals surface area contributed by atoms with Gasteiger partial charge in [-0.05, 0) is 18.8 Å². The molecule has 1 aliphatic carbocycles. The molecule has 1 aliphatic heterocycles. The lowest BCUT2D eigenvalue weighted by Gasteiger charge is -2.11. The van der Waals surface area contributed by atoms with Crippen LogP contribution in [0.15, 0.2) is 0 Å². The average Bonchev–Trinajstić information content (AvgIpc) is 2.45. The zero-order chi connectivity index (χ0) is 7.84. The highest BCUT2D eigenvalue weighted by molar-refractivity contribution is 5.72. The first-order chi connectivity index (χ1) is 5.31. The fraction of sp³-hybridized carbons (Fsp3) is 0.875. The maximum atomic E-state index is 10.8. The second-order valence-corrected chi connectivity index (χ2v) is 3.42. The van der Waals surface area contributed by atoms with E-state index in [1.165, 1.54) is 0 Å². The second-order valence-electron chi connectivity index (χ2n) is 3.42. The van der Waals surface area contributed by atoms with Crippen LogP contribution in [0.5, 0.6) is 0 Å². The summed E-state index contributed by atoms with van der Waals surface area (Å²) in [5.74, 6) is 0.539. The number of hydrogen-bond donors (Lipinski definition) is 1. The Morgan fingerprint density at radius 3 is 3.09 bits per heavy atom. The van der Waals surface area contributed by atoms with Crippen molar-refractivity contribution in [1.29, 1.82) is 0 Å². The fourth-order valence-electron chi connectivity index (χ4n) is 2.19. The van der Waals surface area contributed by atoms with E-state index in [9.17, 15) is 4.79 Å². The third kappa shape index (κ3) is 1.03. The molecule has 2 aliphatic rings. The molecule has 0 spiro atoms. The van der Waals surface area contributed by atoms with Crippen LogP contribution in [-0.4, -0.2) is 23.8 Å². The first-order valence-electron chi connectivity index (χ1n) is 4.11. The molecule has 3 nitrogen and oxygen atoms in total. The van der Waals surface area contributed by atoms with Crippen molar-refractivity contribution in [3.63, 3.8) is 0 Å². The number of carbonyl (C=O) groups is 1. The highest BCUT2D eigenvalue weighted by atomic mass is 16.6. The maximum absolute atomic E-state index is 10.8. The minimum absolute atomic E-state index is 0.0850. The van der Waals surface area contributed by atoms with Gasteiger partial charge in [0.2, 0.25) is 0 Å². The molecule has 62 valence electrons. The van der Waals surface area contributed by atoms with Gasteiger partial charge in [-0.3, -0.25) is 4.79 Å². The number of aliphatic hydroxyl groups is 1. The number of hydrogen-bond acceptors (Lipinski definition) is 3. The van der Waals surface area contributed by atoms with E-state index in [2.05, 4.69) is 0 Å². The molecule has 0 bridgehead atoms. The van der Waals surface area contributed by atoms with Gasteiger partial charge in [-0.2, -0.15) is 0 Å². The molecule has 3 atom stereocenters. The van der Waals surface area contributed by atoms with Crippen LogP contribution in [0.3, 0.4) is 0 Å². The molecular weight excluding hydrogens is 144 g/mol. The molecule has 11 heavy (non-hydrogen) atoms. The summed E-state index contributed by atoms with van der Waals surface area (Å²) >= 11 is 0. The number of carbonyl (C=O) groups excluding carboxylic acids is 1. The van der Waals surface area contributed by atoms with Gasteiger partial charge in [-0.1, -0.05) is 0 Å². The van der Waals surface area contributed by atoms with Gasteiger partial charge < -0.3 is 9.84 Å². The van der Waals surface area contributed by atoms with Crippen molar-refractivity contribution in [3.05, 3.63) is 0 Å². The minimum Gasteiger partial charge on any atom is -0.462 e. The Balaban J connectivity index is 2.07. The van der Waals surface area contributed by atoms with Crippen molar-refractivity contribution in [2.75, 3.05) is 6.61 Å². The summed E-state index contributed by atoms with van der Waals surface area (Å²) in [5, 5.41) is 8.93. The highest BCUT2D eigenvalue weighted by Crippen LogP contribution is 2.40. The summed E-state index contributed by atoms with van der Waals surface area (Å²) in [6.45, 7) is 0.206. The van der Waals surface area contributed by atoms with Gasteiger partial charge in [-0.25, -0.2) is 0 Å². The molecule has 0 aromatic rings. The summed E-state index contributed by atoms with van der Waals surface area (Å²) in [5.41, 5.74) is 0. The van der Waals surface area contributed by atoms with Crippen molar-refractivity contribution in [2.24, 2.45) is 11.8 Å². The summed E-state index contributed by atoms with van der Waals surface area (Å²) in [7, 11) is 0. The lowest BCUT2D eigenvalue weighted by Crippen LogP contribution is -2.16. The van der Waals surface area contributed by atoms with E-state index in [1.54, 1.807) is 0 Å². The van der Waals surface area contributed by atoms with Crippen LogP contribution in [-0.2, 0) is 9.53 Å². The Morgan fingerprint density at radius 2 is 2.36 bits per heavy atom. The van der Waals surface area contributed by atoms with Crippen molar-refractivity contribution in [3.8, 4) is 0 Å². The Hall–Kier alpha value is -0.570. The summed E-state index contributed by atoms with van der Waals surface area (Å²) in [6, 6.07) is 0. The standard InChI is InChI=1S/C8H12O3/c9-4-5-1-2-7-6(5)3-8(10)11-7/h5-7,9H,1-4H2/t5-,6-,7+/m1/s1.